The van der Waals surface area contributed by atoms with Crippen molar-refractivity contribution in [1.29, 1.82) is 0 Å². The lowest BCUT2D eigenvalue weighted by atomic mass is 10.0. The molecular weight excluding hydrogens is 286 g/mol. The van der Waals surface area contributed by atoms with Gasteiger partial charge in [0.05, 0.1) is 19.3 Å². The molecule has 0 aliphatic rings. The molecule has 5 heteroatoms. The van der Waals surface area contributed by atoms with Gasteiger partial charge in [0.25, 0.3) is 0 Å². The number of hydrogen-bond donors (Lipinski definition) is 1. The summed E-state index contributed by atoms with van der Waals surface area (Å²) in [5.74, 6) is 0.488. The van der Waals surface area contributed by atoms with Crippen molar-refractivity contribution in [3.05, 3.63) is 29.8 Å². The van der Waals surface area contributed by atoms with E-state index in [0.29, 0.717) is 18.1 Å². The van der Waals surface area contributed by atoms with Crippen LogP contribution in [0.2, 0.25) is 0 Å². The molecule has 0 bridgehead atoms. The Morgan fingerprint density at radius 2 is 1.81 bits per heavy atom. The van der Waals surface area contributed by atoms with Crippen LogP contribution < -0.4 is 5.32 Å². The number of thioether (sulfide) groups is 1. The Kier molecular flexibility index (Phi) is 7.29. The molecule has 0 fully saturated rings. The Balaban J connectivity index is 2.38. The second-order valence-corrected chi connectivity index (χ2v) is 6.65. The fourth-order valence-corrected chi connectivity index (χ4v) is 2.51. The van der Waals surface area contributed by atoms with Crippen molar-refractivity contribution in [2.75, 3.05) is 18.2 Å². The van der Waals surface area contributed by atoms with Gasteiger partial charge in [0, 0.05) is 10.9 Å². The highest BCUT2D eigenvalue weighted by Gasteiger charge is 2.12. The molecule has 0 spiro atoms. The Hall–Kier alpha value is -1.49. The van der Waals surface area contributed by atoms with Crippen molar-refractivity contribution in [2.24, 2.45) is 0 Å². The lowest BCUT2D eigenvalue weighted by Gasteiger charge is -2.11. The molecule has 0 saturated carbocycles. The number of carbonyl (C=O) groups excluding carboxylic acids is 2. The highest BCUT2D eigenvalue weighted by molar-refractivity contribution is 8.00. The Bertz CT molecular complexity index is 471. The van der Waals surface area contributed by atoms with Crippen molar-refractivity contribution in [3.63, 3.8) is 0 Å². The maximum atomic E-state index is 11.8. The largest absolute Gasteiger partial charge is 0.469 e. The Labute approximate surface area is 130 Å². The van der Waals surface area contributed by atoms with Gasteiger partial charge in [0.15, 0.2) is 0 Å². The van der Waals surface area contributed by atoms with Gasteiger partial charge in [0.1, 0.15) is 0 Å². The molecule has 0 aromatic heterocycles. The van der Waals surface area contributed by atoms with Crippen LogP contribution in [0.1, 0.15) is 38.7 Å². The minimum Gasteiger partial charge on any atom is -0.469 e. The molecule has 1 N–H and O–H groups in total. The van der Waals surface area contributed by atoms with Crippen molar-refractivity contribution in [1.82, 2.24) is 0 Å². The number of esters is 1. The maximum absolute atomic E-state index is 11.8. The molecule has 0 aliphatic heterocycles. The average molecular weight is 309 g/mol. The average Bonchev–Trinajstić information content (AvgIpc) is 2.45. The number of ether oxygens (including phenoxy) is 1. The van der Waals surface area contributed by atoms with Crippen LogP contribution in [0.25, 0.3) is 0 Å². The SMILES string of the molecule is COC(=O)CC(C)SCC(=O)Nc1ccc(C(C)C)cc1. The van der Waals surface area contributed by atoms with Gasteiger partial charge >= 0.3 is 5.97 Å². The van der Waals surface area contributed by atoms with Crippen LogP contribution in [-0.2, 0) is 14.3 Å². The van der Waals surface area contributed by atoms with Crippen molar-refractivity contribution in [2.45, 2.75) is 38.4 Å². The molecule has 1 aromatic carbocycles. The van der Waals surface area contributed by atoms with Gasteiger partial charge in [-0.3, -0.25) is 9.59 Å². The normalized spacial score (nSPS) is 12.0. The lowest BCUT2D eigenvalue weighted by molar-refractivity contribution is -0.140. The van der Waals surface area contributed by atoms with Gasteiger partial charge in [-0.25, -0.2) is 0 Å². The Morgan fingerprint density at radius 3 is 2.33 bits per heavy atom. The molecule has 0 saturated heterocycles. The molecule has 0 radical (unpaired) electrons. The summed E-state index contributed by atoms with van der Waals surface area (Å²) in [5.41, 5.74) is 2.04. The zero-order valence-corrected chi connectivity index (χ0v) is 13.8. The molecule has 116 valence electrons. The second kappa shape index (κ2) is 8.72. The highest BCUT2D eigenvalue weighted by atomic mass is 32.2. The van der Waals surface area contributed by atoms with E-state index in [-0.39, 0.29) is 17.1 Å². The third kappa shape index (κ3) is 6.67. The van der Waals surface area contributed by atoms with Gasteiger partial charge in [-0.1, -0.05) is 32.9 Å². The van der Waals surface area contributed by atoms with Crippen molar-refractivity contribution < 1.29 is 14.3 Å². The van der Waals surface area contributed by atoms with Gasteiger partial charge in [-0.15, -0.1) is 11.8 Å². The van der Waals surface area contributed by atoms with E-state index >= 15 is 0 Å². The van der Waals surface area contributed by atoms with E-state index in [1.807, 2.05) is 31.2 Å². The summed E-state index contributed by atoms with van der Waals surface area (Å²) in [7, 11) is 1.37. The smallest absolute Gasteiger partial charge is 0.306 e. The van der Waals surface area contributed by atoms with E-state index in [1.54, 1.807) is 0 Å². The molecule has 1 rings (SSSR count). The summed E-state index contributed by atoms with van der Waals surface area (Å²) in [4.78, 5) is 23.0. The molecule has 1 atom stereocenters. The summed E-state index contributed by atoms with van der Waals surface area (Å²) in [6, 6.07) is 7.87. The predicted molar refractivity (Wildman–Crippen MR) is 87.7 cm³/mol. The number of amides is 1. The van der Waals surface area contributed by atoms with Crippen LogP contribution in [-0.4, -0.2) is 30.0 Å². The highest BCUT2D eigenvalue weighted by Crippen LogP contribution is 2.18. The van der Waals surface area contributed by atoms with Crippen LogP contribution in [0.4, 0.5) is 5.69 Å². The second-order valence-electron chi connectivity index (χ2n) is 5.23. The van der Waals surface area contributed by atoms with Crippen LogP contribution in [0, 0.1) is 0 Å². The molecular formula is C16H23NO3S. The van der Waals surface area contributed by atoms with E-state index < -0.39 is 0 Å². The van der Waals surface area contributed by atoms with Crippen LogP contribution in [0.3, 0.4) is 0 Å². The third-order valence-electron chi connectivity index (χ3n) is 3.04. The summed E-state index contributed by atoms with van der Waals surface area (Å²) < 4.78 is 4.60. The van der Waals surface area contributed by atoms with E-state index in [4.69, 9.17) is 0 Å². The topological polar surface area (TPSA) is 55.4 Å². The number of carbonyl (C=O) groups is 2. The third-order valence-corrected chi connectivity index (χ3v) is 4.21. The monoisotopic (exact) mass is 309 g/mol. The first-order valence-corrected chi connectivity index (χ1v) is 8.05. The van der Waals surface area contributed by atoms with Gasteiger partial charge < -0.3 is 10.1 Å². The standard InChI is InChI=1S/C16H23NO3S/c1-11(2)13-5-7-14(8-6-13)17-15(18)10-21-12(3)9-16(19)20-4/h5-8,11-12H,9-10H2,1-4H3,(H,17,18). The predicted octanol–water partition coefficient (Wildman–Crippen LogP) is 3.43. The van der Waals surface area contributed by atoms with Gasteiger partial charge in [0.2, 0.25) is 5.91 Å². The number of benzene rings is 1. The van der Waals surface area contributed by atoms with E-state index in [0.717, 1.165) is 5.69 Å². The first kappa shape index (κ1) is 17.6. The minimum atomic E-state index is -0.250. The van der Waals surface area contributed by atoms with E-state index in [9.17, 15) is 9.59 Å². The van der Waals surface area contributed by atoms with E-state index in [1.165, 1.54) is 24.4 Å². The van der Waals surface area contributed by atoms with Crippen molar-refractivity contribution >= 4 is 29.3 Å². The number of nitrogens with one attached hydrogen (secondary N) is 1. The number of methoxy groups -OCH3 is 1. The molecule has 0 aliphatic carbocycles. The summed E-state index contributed by atoms with van der Waals surface area (Å²) in [5, 5.41) is 2.92. The quantitative estimate of drug-likeness (QED) is 0.784. The minimum absolute atomic E-state index is 0.0611. The first-order chi connectivity index (χ1) is 9.92. The summed E-state index contributed by atoms with van der Waals surface area (Å²) >= 11 is 1.44. The summed E-state index contributed by atoms with van der Waals surface area (Å²) in [6.07, 6.45) is 0.317. The van der Waals surface area contributed by atoms with Crippen LogP contribution in [0.15, 0.2) is 24.3 Å². The number of rotatable bonds is 7. The summed E-state index contributed by atoms with van der Waals surface area (Å²) in [6.45, 7) is 6.17. The maximum Gasteiger partial charge on any atom is 0.306 e. The molecule has 1 aromatic rings. The van der Waals surface area contributed by atoms with Crippen LogP contribution >= 0.6 is 11.8 Å². The molecule has 1 unspecified atom stereocenters. The van der Waals surface area contributed by atoms with Crippen molar-refractivity contribution in [3.8, 4) is 0 Å². The van der Waals surface area contributed by atoms with Gasteiger partial charge in [-0.2, -0.15) is 0 Å². The zero-order chi connectivity index (χ0) is 15.8. The zero-order valence-electron chi connectivity index (χ0n) is 13.0. The first-order valence-electron chi connectivity index (χ1n) is 7.00. The fourth-order valence-electron chi connectivity index (χ4n) is 1.74. The molecule has 0 heterocycles. The number of hydrogen-bond acceptors (Lipinski definition) is 4. The molecule has 4 nitrogen and oxygen atoms in total. The fraction of sp³-hybridized carbons (Fsp3) is 0.500. The molecule has 21 heavy (non-hydrogen) atoms. The lowest BCUT2D eigenvalue weighted by Crippen LogP contribution is -2.17. The number of anilines is 1. The Morgan fingerprint density at radius 1 is 1.19 bits per heavy atom. The van der Waals surface area contributed by atoms with Crippen LogP contribution in [0.5, 0.6) is 0 Å². The van der Waals surface area contributed by atoms with Gasteiger partial charge in [-0.05, 0) is 23.6 Å². The molecule has 1 amide bonds. The van der Waals surface area contributed by atoms with E-state index in [2.05, 4.69) is 23.9 Å².